The number of rotatable bonds is 5. The lowest BCUT2D eigenvalue weighted by molar-refractivity contribution is -0.121. The van der Waals surface area contributed by atoms with E-state index in [0.717, 1.165) is 11.1 Å². The normalized spacial score (nSPS) is 11.6. The number of nitrogens with one attached hydrogen (secondary N) is 2. The summed E-state index contributed by atoms with van der Waals surface area (Å²) in [5.74, 6) is -0.101. The van der Waals surface area contributed by atoms with Gasteiger partial charge in [-0.25, -0.2) is 0 Å². The van der Waals surface area contributed by atoms with E-state index in [9.17, 15) is 9.59 Å². The second kappa shape index (κ2) is 8.00. The molecule has 1 amide bonds. The molecule has 1 aromatic heterocycles. The van der Waals surface area contributed by atoms with Gasteiger partial charge in [-0.3, -0.25) is 9.59 Å². The van der Waals surface area contributed by atoms with Gasteiger partial charge in [0.25, 0.3) is 5.56 Å². The second-order valence-corrected chi connectivity index (χ2v) is 6.45. The molecule has 0 spiro atoms. The first kappa shape index (κ1) is 18.8. The summed E-state index contributed by atoms with van der Waals surface area (Å²) in [4.78, 5) is 26.7. The Balaban J connectivity index is 2.06. The van der Waals surface area contributed by atoms with Crippen LogP contribution in [0.4, 0.5) is 0 Å². The number of aromatic amines is 1. The fourth-order valence-corrected chi connectivity index (χ4v) is 3.03. The van der Waals surface area contributed by atoms with Gasteiger partial charge in [-0.2, -0.15) is 5.26 Å². The molecule has 1 aromatic carbocycles. The van der Waals surface area contributed by atoms with Crippen LogP contribution in [0.5, 0.6) is 0 Å². The first-order valence-electron chi connectivity index (χ1n) is 8.00. The molecular formula is C19H20ClN3O2. The monoisotopic (exact) mass is 357 g/mol. The van der Waals surface area contributed by atoms with Crippen LogP contribution in [0.2, 0.25) is 5.02 Å². The summed E-state index contributed by atoms with van der Waals surface area (Å²) in [5, 5.41) is 12.7. The van der Waals surface area contributed by atoms with Crippen molar-refractivity contribution in [3.63, 3.8) is 0 Å². The van der Waals surface area contributed by atoms with Crippen LogP contribution in [0, 0.1) is 25.2 Å². The minimum Gasteiger partial charge on any atom is -0.350 e. The lowest BCUT2D eigenvalue weighted by atomic mass is 9.99. The van der Waals surface area contributed by atoms with Gasteiger partial charge in [0.2, 0.25) is 5.91 Å². The predicted molar refractivity (Wildman–Crippen MR) is 97.6 cm³/mol. The molecule has 1 heterocycles. The Morgan fingerprint density at radius 3 is 2.76 bits per heavy atom. The molecule has 0 saturated heterocycles. The molecule has 0 bridgehead atoms. The zero-order chi connectivity index (χ0) is 18.6. The topological polar surface area (TPSA) is 85.8 Å². The van der Waals surface area contributed by atoms with E-state index in [0.29, 0.717) is 22.7 Å². The van der Waals surface area contributed by atoms with Gasteiger partial charge < -0.3 is 10.3 Å². The molecule has 0 aliphatic carbocycles. The molecule has 0 aliphatic rings. The van der Waals surface area contributed by atoms with Crippen LogP contribution < -0.4 is 10.9 Å². The highest BCUT2D eigenvalue weighted by Crippen LogP contribution is 2.18. The highest BCUT2D eigenvalue weighted by atomic mass is 35.5. The highest BCUT2D eigenvalue weighted by molar-refractivity contribution is 6.30. The summed E-state index contributed by atoms with van der Waals surface area (Å²) in [6.45, 7) is 5.41. The fourth-order valence-electron chi connectivity index (χ4n) is 2.83. The number of hydrogen-bond donors (Lipinski definition) is 2. The first-order chi connectivity index (χ1) is 11.8. The number of amides is 1. The lowest BCUT2D eigenvalue weighted by Crippen LogP contribution is -2.27. The van der Waals surface area contributed by atoms with Crippen molar-refractivity contribution in [2.24, 2.45) is 0 Å². The smallest absolute Gasteiger partial charge is 0.266 e. The van der Waals surface area contributed by atoms with Gasteiger partial charge in [-0.05, 0) is 56.0 Å². The molecule has 1 unspecified atom stereocenters. The standard InChI is InChI=1S/C19H20ClN3O2/c1-11-16(13(3)23-19(25)17(11)10-21)7-8-18(24)22-12(2)14-5-4-6-15(20)9-14/h4-6,9,12H,7-8H2,1-3H3,(H,22,24)(H,23,25). The number of halogens is 1. The molecule has 2 aromatic rings. The van der Waals surface area contributed by atoms with E-state index in [1.165, 1.54) is 0 Å². The minimum absolute atomic E-state index is 0.101. The van der Waals surface area contributed by atoms with Gasteiger partial charge >= 0.3 is 0 Å². The molecule has 0 saturated carbocycles. The van der Waals surface area contributed by atoms with Crippen LogP contribution in [0.25, 0.3) is 0 Å². The third-order valence-corrected chi connectivity index (χ3v) is 4.48. The van der Waals surface area contributed by atoms with E-state index in [2.05, 4.69) is 10.3 Å². The van der Waals surface area contributed by atoms with Gasteiger partial charge in [-0.1, -0.05) is 23.7 Å². The van der Waals surface area contributed by atoms with Gasteiger partial charge in [0, 0.05) is 17.1 Å². The van der Waals surface area contributed by atoms with Crippen LogP contribution >= 0.6 is 11.6 Å². The van der Waals surface area contributed by atoms with Gasteiger partial charge in [0.05, 0.1) is 6.04 Å². The molecule has 0 aliphatic heterocycles. The minimum atomic E-state index is -0.389. The highest BCUT2D eigenvalue weighted by Gasteiger charge is 2.15. The van der Waals surface area contributed by atoms with Crippen molar-refractivity contribution in [3.05, 3.63) is 67.6 Å². The largest absolute Gasteiger partial charge is 0.350 e. The molecule has 0 radical (unpaired) electrons. The third-order valence-electron chi connectivity index (χ3n) is 4.25. The molecule has 1 atom stereocenters. The Morgan fingerprint density at radius 1 is 1.40 bits per heavy atom. The zero-order valence-corrected chi connectivity index (χ0v) is 15.2. The van der Waals surface area contributed by atoms with Crippen molar-refractivity contribution in [2.75, 3.05) is 0 Å². The summed E-state index contributed by atoms with van der Waals surface area (Å²) >= 11 is 5.97. The van der Waals surface area contributed by atoms with Crippen LogP contribution in [-0.4, -0.2) is 10.9 Å². The van der Waals surface area contributed by atoms with E-state index in [1.807, 2.05) is 31.2 Å². The molecule has 6 heteroatoms. The summed E-state index contributed by atoms with van der Waals surface area (Å²) in [6.07, 6.45) is 0.723. The quantitative estimate of drug-likeness (QED) is 0.860. The maximum absolute atomic E-state index is 12.2. The van der Waals surface area contributed by atoms with Crippen molar-refractivity contribution < 1.29 is 4.79 Å². The Hall–Kier alpha value is -2.58. The number of hydrogen-bond acceptors (Lipinski definition) is 3. The summed E-state index contributed by atoms with van der Waals surface area (Å²) in [6, 6.07) is 9.13. The number of aryl methyl sites for hydroxylation is 1. The van der Waals surface area contributed by atoms with Crippen molar-refractivity contribution >= 4 is 17.5 Å². The average Bonchev–Trinajstić information content (AvgIpc) is 2.54. The van der Waals surface area contributed by atoms with Crippen LogP contribution in [-0.2, 0) is 11.2 Å². The van der Waals surface area contributed by atoms with E-state index in [1.54, 1.807) is 19.9 Å². The van der Waals surface area contributed by atoms with Crippen LogP contribution in [0.3, 0.4) is 0 Å². The third kappa shape index (κ3) is 4.49. The number of carbonyl (C=O) groups excluding carboxylic acids is 1. The Labute approximate surface area is 151 Å². The van der Waals surface area contributed by atoms with Crippen molar-refractivity contribution in [3.8, 4) is 6.07 Å². The molecule has 2 N–H and O–H groups in total. The second-order valence-electron chi connectivity index (χ2n) is 6.01. The molecule has 130 valence electrons. The number of carbonyl (C=O) groups is 1. The van der Waals surface area contributed by atoms with E-state index >= 15 is 0 Å². The van der Waals surface area contributed by atoms with Crippen molar-refractivity contribution in [1.29, 1.82) is 5.26 Å². The fraction of sp³-hybridized carbons (Fsp3) is 0.316. The number of aromatic nitrogens is 1. The molecule has 25 heavy (non-hydrogen) atoms. The average molecular weight is 358 g/mol. The Bertz CT molecular complexity index is 897. The van der Waals surface area contributed by atoms with E-state index in [4.69, 9.17) is 16.9 Å². The predicted octanol–water partition coefficient (Wildman–Crippen LogP) is 3.33. The Kier molecular flexibility index (Phi) is 6.00. The van der Waals surface area contributed by atoms with Crippen LogP contribution in [0.1, 0.15) is 47.3 Å². The maximum Gasteiger partial charge on any atom is 0.266 e. The van der Waals surface area contributed by atoms with E-state index in [-0.39, 0.29) is 29.5 Å². The van der Waals surface area contributed by atoms with Crippen molar-refractivity contribution in [2.45, 2.75) is 39.7 Å². The zero-order valence-electron chi connectivity index (χ0n) is 14.4. The van der Waals surface area contributed by atoms with Gasteiger partial charge in [0.15, 0.2) is 0 Å². The number of nitrogens with zero attached hydrogens (tertiary/aromatic N) is 1. The van der Waals surface area contributed by atoms with Gasteiger partial charge in [-0.15, -0.1) is 0 Å². The molecule has 0 fully saturated rings. The summed E-state index contributed by atoms with van der Waals surface area (Å²) in [5.41, 5.74) is 2.82. The number of H-pyrrole nitrogens is 1. The number of nitriles is 1. The van der Waals surface area contributed by atoms with E-state index < -0.39 is 0 Å². The number of pyridine rings is 1. The summed E-state index contributed by atoms with van der Waals surface area (Å²) in [7, 11) is 0. The van der Waals surface area contributed by atoms with Crippen LogP contribution in [0.15, 0.2) is 29.1 Å². The SMILES string of the molecule is Cc1[nH]c(=O)c(C#N)c(C)c1CCC(=O)NC(C)c1cccc(Cl)c1. The maximum atomic E-state index is 12.2. The number of benzene rings is 1. The molecule has 2 rings (SSSR count). The Morgan fingerprint density at radius 2 is 2.12 bits per heavy atom. The van der Waals surface area contributed by atoms with Crippen molar-refractivity contribution in [1.82, 2.24) is 10.3 Å². The summed E-state index contributed by atoms with van der Waals surface area (Å²) < 4.78 is 0. The molecule has 5 nitrogen and oxygen atoms in total. The lowest BCUT2D eigenvalue weighted by Gasteiger charge is -2.15. The molecular weight excluding hydrogens is 338 g/mol. The first-order valence-corrected chi connectivity index (χ1v) is 8.38. The van der Waals surface area contributed by atoms with Gasteiger partial charge in [0.1, 0.15) is 11.6 Å².